The van der Waals surface area contributed by atoms with Gasteiger partial charge in [-0.1, -0.05) is 12.1 Å². The molecule has 8 heteroatoms. The number of sulfone groups is 1. The summed E-state index contributed by atoms with van der Waals surface area (Å²) in [4.78, 5) is 14.7. The third kappa shape index (κ3) is 3.69. The maximum absolute atomic E-state index is 11.7. The van der Waals surface area contributed by atoms with Gasteiger partial charge in [-0.3, -0.25) is 4.98 Å². The predicted molar refractivity (Wildman–Crippen MR) is 110 cm³/mol. The summed E-state index contributed by atoms with van der Waals surface area (Å²) in [5, 5.41) is 3.83. The second-order valence-electron chi connectivity index (χ2n) is 5.98. The fourth-order valence-corrected chi connectivity index (χ4v) is 5.00. The van der Waals surface area contributed by atoms with Crippen LogP contribution in [-0.4, -0.2) is 29.6 Å². The number of aromatic nitrogens is 3. The summed E-state index contributed by atoms with van der Waals surface area (Å²) in [6.07, 6.45) is 4.68. The molecule has 4 rings (SSSR count). The van der Waals surface area contributed by atoms with Crippen molar-refractivity contribution in [3.05, 3.63) is 59.2 Å². The van der Waals surface area contributed by atoms with Gasteiger partial charge in [0.15, 0.2) is 9.84 Å². The first-order valence-electron chi connectivity index (χ1n) is 8.06. The molecule has 0 radical (unpaired) electrons. The molecule has 0 aliphatic carbocycles. The molecule has 0 aliphatic heterocycles. The average Bonchev–Trinajstić information content (AvgIpc) is 3.28. The van der Waals surface area contributed by atoms with Crippen molar-refractivity contribution >= 4 is 32.5 Å². The van der Waals surface area contributed by atoms with Gasteiger partial charge in [0.1, 0.15) is 10.7 Å². The van der Waals surface area contributed by atoms with Crippen LogP contribution in [0.15, 0.2) is 59.1 Å². The summed E-state index contributed by atoms with van der Waals surface area (Å²) in [6.45, 7) is 1.97. The molecular weight excluding hydrogens is 398 g/mol. The van der Waals surface area contributed by atoms with Crippen LogP contribution in [-0.2, 0) is 9.84 Å². The Morgan fingerprint density at radius 2 is 1.63 bits per heavy atom. The van der Waals surface area contributed by atoms with Gasteiger partial charge in [-0.05, 0) is 36.8 Å². The van der Waals surface area contributed by atoms with Gasteiger partial charge >= 0.3 is 0 Å². The van der Waals surface area contributed by atoms with Gasteiger partial charge in [0.05, 0.1) is 20.5 Å². The van der Waals surface area contributed by atoms with Crippen LogP contribution < -0.4 is 0 Å². The fourth-order valence-electron chi connectivity index (χ4n) is 2.65. The summed E-state index contributed by atoms with van der Waals surface area (Å²) in [7, 11) is -3.23. The molecule has 1 aromatic carbocycles. The van der Waals surface area contributed by atoms with Crippen LogP contribution in [0.1, 0.15) is 5.01 Å². The second-order valence-corrected chi connectivity index (χ2v) is 10.1. The molecule has 0 spiro atoms. The summed E-state index contributed by atoms with van der Waals surface area (Å²) in [6, 6.07) is 10.7. The number of benzene rings is 1. The summed E-state index contributed by atoms with van der Waals surface area (Å²) < 4.78 is 23.5. The maximum Gasteiger partial charge on any atom is 0.175 e. The molecule has 4 aromatic rings. The van der Waals surface area contributed by atoms with Gasteiger partial charge in [-0.15, -0.1) is 22.7 Å². The highest BCUT2D eigenvalue weighted by molar-refractivity contribution is 7.90. The van der Waals surface area contributed by atoms with Gasteiger partial charge in [0.25, 0.3) is 0 Å². The summed E-state index contributed by atoms with van der Waals surface area (Å²) in [5.41, 5.74) is 3.58. The number of nitrogens with zero attached hydrogens (tertiary/aromatic N) is 3. The Labute approximate surface area is 165 Å². The monoisotopic (exact) mass is 413 g/mol. The SMILES string of the molecule is Cc1nc(-c2nc(-c3ccncc3)c(-c3ccc(S(C)(=O)=O)cc3)s2)cs1. The first-order chi connectivity index (χ1) is 12.9. The predicted octanol–water partition coefficient (Wildman–Crippen LogP) is 4.71. The minimum Gasteiger partial charge on any atom is -0.265 e. The molecule has 136 valence electrons. The minimum absolute atomic E-state index is 0.302. The number of rotatable bonds is 4. The van der Waals surface area contributed by atoms with Crippen LogP contribution in [0.4, 0.5) is 0 Å². The van der Waals surface area contributed by atoms with Crippen molar-refractivity contribution < 1.29 is 8.42 Å². The Hall–Kier alpha value is -2.42. The molecule has 0 N–H and O–H groups in total. The van der Waals surface area contributed by atoms with E-state index >= 15 is 0 Å². The summed E-state index contributed by atoms with van der Waals surface area (Å²) >= 11 is 3.14. The molecule has 5 nitrogen and oxygen atoms in total. The lowest BCUT2D eigenvalue weighted by atomic mass is 10.1. The smallest absolute Gasteiger partial charge is 0.175 e. The normalized spacial score (nSPS) is 11.6. The van der Waals surface area contributed by atoms with E-state index in [2.05, 4.69) is 9.97 Å². The van der Waals surface area contributed by atoms with E-state index in [-0.39, 0.29) is 0 Å². The molecule has 0 aliphatic rings. The van der Waals surface area contributed by atoms with Gasteiger partial charge in [-0.25, -0.2) is 18.4 Å². The number of aryl methyl sites for hydroxylation is 1. The van der Waals surface area contributed by atoms with Crippen molar-refractivity contribution in [1.29, 1.82) is 0 Å². The molecule has 0 amide bonds. The molecule has 0 fully saturated rings. The van der Waals surface area contributed by atoms with Crippen molar-refractivity contribution in [2.24, 2.45) is 0 Å². The zero-order chi connectivity index (χ0) is 19.0. The lowest BCUT2D eigenvalue weighted by Gasteiger charge is -2.04. The molecule has 0 bridgehead atoms. The molecular formula is C19H15N3O2S3. The van der Waals surface area contributed by atoms with E-state index in [0.29, 0.717) is 4.90 Å². The van der Waals surface area contributed by atoms with Crippen LogP contribution >= 0.6 is 22.7 Å². The number of pyridine rings is 1. The number of hydrogen-bond acceptors (Lipinski definition) is 7. The van der Waals surface area contributed by atoms with E-state index in [1.807, 2.05) is 36.6 Å². The van der Waals surface area contributed by atoms with Crippen molar-refractivity contribution in [1.82, 2.24) is 15.0 Å². The van der Waals surface area contributed by atoms with Crippen LogP contribution in [0.5, 0.6) is 0 Å². The first-order valence-corrected chi connectivity index (χ1v) is 11.6. The highest BCUT2D eigenvalue weighted by Gasteiger charge is 2.18. The minimum atomic E-state index is -3.23. The topological polar surface area (TPSA) is 72.8 Å². The Morgan fingerprint density at radius 3 is 2.22 bits per heavy atom. The highest BCUT2D eigenvalue weighted by Crippen LogP contribution is 2.40. The van der Waals surface area contributed by atoms with Gasteiger partial charge < -0.3 is 0 Å². The van der Waals surface area contributed by atoms with Crippen LogP contribution in [0.3, 0.4) is 0 Å². The zero-order valence-corrected chi connectivity index (χ0v) is 17.0. The van der Waals surface area contributed by atoms with Crippen molar-refractivity contribution in [2.75, 3.05) is 6.26 Å². The molecule has 0 saturated heterocycles. The van der Waals surface area contributed by atoms with E-state index in [1.165, 1.54) is 6.26 Å². The van der Waals surface area contributed by atoms with Crippen LogP contribution in [0, 0.1) is 6.92 Å². The summed E-state index contributed by atoms with van der Waals surface area (Å²) in [5.74, 6) is 0. The van der Waals surface area contributed by atoms with E-state index in [9.17, 15) is 8.42 Å². The van der Waals surface area contributed by atoms with E-state index in [0.717, 1.165) is 37.4 Å². The van der Waals surface area contributed by atoms with Gasteiger partial charge in [0, 0.05) is 29.6 Å². The third-order valence-electron chi connectivity index (χ3n) is 3.96. The first kappa shape index (κ1) is 18.0. The van der Waals surface area contributed by atoms with Crippen LogP contribution in [0.2, 0.25) is 0 Å². The standard InChI is InChI=1S/C19H15N3O2S3/c1-12-21-16(11-25-12)19-22-17(13-7-9-20-10-8-13)18(26-19)14-3-5-15(6-4-14)27(2,23)24/h3-11H,1-2H3. The maximum atomic E-state index is 11.7. The van der Waals surface area contributed by atoms with Gasteiger partial charge in [0.2, 0.25) is 0 Å². The van der Waals surface area contributed by atoms with E-state index in [1.54, 1.807) is 47.2 Å². The van der Waals surface area contributed by atoms with E-state index in [4.69, 9.17) is 4.98 Å². The van der Waals surface area contributed by atoms with E-state index < -0.39 is 9.84 Å². The average molecular weight is 414 g/mol. The quantitative estimate of drug-likeness (QED) is 0.484. The largest absolute Gasteiger partial charge is 0.265 e. The molecule has 3 aromatic heterocycles. The lowest BCUT2D eigenvalue weighted by Crippen LogP contribution is -1.96. The lowest BCUT2D eigenvalue weighted by molar-refractivity contribution is 0.602. The number of thiazole rings is 2. The molecule has 0 saturated carbocycles. The Balaban J connectivity index is 1.87. The van der Waals surface area contributed by atoms with Crippen molar-refractivity contribution in [3.8, 4) is 32.4 Å². The molecule has 0 unspecified atom stereocenters. The van der Waals surface area contributed by atoms with Crippen molar-refractivity contribution in [2.45, 2.75) is 11.8 Å². The van der Waals surface area contributed by atoms with Crippen molar-refractivity contribution in [3.63, 3.8) is 0 Å². The Bertz CT molecular complexity index is 1190. The Kier molecular flexibility index (Phi) is 4.63. The molecule has 3 heterocycles. The van der Waals surface area contributed by atoms with Gasteiger partial charge in [-0.2, -0.15) is 0 Å². The Morgan fingerprint density at radius 1 is 0.926 bits per heavy atom. The second kappa shape index (κ2) is 6.95. The molecule has 0 atom stereocenters. The highest BCUT2D eigenvalue weighted by atomic mass is 32.2. The fraction of sp³-hybridized carbons (Fsp3) is 0.105. The molecule has 27 heavy (non-hydrogen) atoms. The zero-order valence-electron chi connectivity index (χ0n) is 14.6. The number of hydrogen-bond donors (Lipinski definition) is 0. The van der Waals surface area contributed by atoms with Crippen LogP contribution in [0.25, 0.3) is 32.4 Å². The third-order valence-corrected chi connectivity index (χ3v) is 6.99.